The fourth-order valence-electron chi connectivity index (χ4n) is 4.64. The van der Waals surface area contributed by atoms with Crippen LogP contribution < -0.4 is 25.8 Å². The fraction of sp³-hybridized carbons (Fsp3) is 0.346. The Kier molecular flexibility index (Phi) is 6.41. The molecule has 0 radical (unpaired) electrons. The number of nitrogens with one attached hydrogen (secondary N) is 2. The number of likely N-dealkylation sites (tertiary alicyclic amines) is 1. The standard InChI is InChI=1S/C26H30N6O3/c1-32-10-8-19(14-32)29-23-13-16(21-7-9-28-26(27)31-21)3-5-22(23)30-25(33)18-11-17-12-20(34-2)4-6-24(17)35-15-18/h3-7,9,12-13,18-19,29H,8,10-11,14-15H2,1-2H3,(H,30,33)(H2,27,28,31). The highest BCUT2D eigenvalue weighted by Gasteiger charge is 2.28. The van der Waals surface area contributed by atoms with Crippen molar-refractivity contribution in [2.24, 2.45) is 5.92 Å². The van der Waals surface area contributed by atoms with E-state index < -0.39 is 0 Å². The topological polar surface area (TPSA) is 115 Å². The summed E-state index contributed by atoms with van der Waals surface area (Å²) in [6, 6.07) is 13.6. The van der Waals surface area contributed by atoms with E-state index in [2.05, 4.69) is 32.5 Å². The van der Waals surface area contributed by atoms with Gasteiger partial charge >= 0.3 is 0 Å². The number of hydrogen-bond donors (Lipinski definition) is 3. The largest absolute Gasteiger partial charge is 0.497 e. The average molecular weight is 475 g/mol. The first-order valence-corrected chi connectivity index (χ1v) is 11.8. The Bertz CT molecular complexity index is 1230. The van der Waals surface area contributed by atoms with Crippen LogP contribution in [0.1, 0.15) is 12.0 Å². The van der Waals surface area contributed by atoms with Gasteiger partial charge in [0.25, 0.3) is 0 Å². The summed E-state index contributed by atoms with van der Waals surface area (Å²) >= 11 is 0. The quantitative estimate of drug-likeness (QED) is 0.500. The number of nitrogens with zero attached hydrogens (tertiary/aromatic N) is 3. The molecule has 0 aliphatic carbocycles. The Balaban J connectivity index is 1.38. The van der Waals surface area contributed by atoms with Crippen LogP contribution >= 0.6 is 0 Å². The van der Waals surface area contributed by atoms with Crippen molar-refractivity contribution in [3.63, 3.8) is 0 Å². The molecular formula is C26H30N6O3. The minimum Gasteiger partial charge on any atom is -0.497 e. The van der Waals surface area contributed by atoms with Gasteiger partial charge in [-0.05, 0) is 68.4 Å². The lowest BCUT2D eigenvalue weighted by Gasteiger charge is -2.26. The number of amides is 1. The van der Waals surface area contributed by atoms with Crippen molar-refractivity contribution in [3.8, 4) is 22.8 Å². The highest BCUT2D eigenvalue weighted by molar-refractivity contribution is 5.97. The third kappa shape index (κ3) is 5.14. The SMILES string of the molecule is COc1ccc2c(c1)CC(C(=O)Nc1ccc(-c3ccnc(N)n3)cc1NC1CCN(C)C1)CO2. The van der Waals surface area contributed by atoms with Gasteiger partial charge in [-0.15, -0.1) is 0 Å². The van der Waals surface area contributed by atoms with Gasteiger partial charge in [-0.25, -0.2) is 9.97 Å². The van der Waals surface area contributed by atoms with Gasteiger partial charge in [-0.2, -0.15) is 0 Å². The maximum atomic E-state index is 13.3. The summed E-state index contributed by atoms with van der Waals surface area (Å²) in [6.07, 6.45) is 3.26. The number of rotatable bonds is 6. The molecule has 35 heavy (non-hydrogen) atoms. The summed E-state index contributed by atoms with van der Waals surface area (Å²) < 4.78 is 11.2. The van der Waals surface area contributed by atoms with E-state index in [1.165, 1.54) is 0 Å². The molecule has 2 aliphatic rings. The van der Waals surface area contributed by atoms with Crippen LogP contribution in [0.15, 0.2) is 48.7 Å². The van der Waals surface area contributed by atoms with Gasteiger partial charge in [0, 0.05) is 24.3 Å². The van der Waals surface area contributed by atoms with E-state index in [0.717, 1.165) is 59.2 Å². The molecule has 9 nitrogen and oxygen atoms in total. The number of carbonyl (C=O) groups excluding carboxylic acids is 1. The van der Waals surface area contributed by atoms with Crippen molar-refractivity contribution in [1.82, 2.24) is 14.9 Å². The first kappa shape index (κ1) is 22.9. The molecule has 5 rings (SSSR count). The summed E-state index contributed by atoms with van der Waals surface area (Å²) in [5, 5.41) is 6.76. The lowest BCUT2D eigenvalue weighted by atomic mass is 9.95. The number of nitrogens with two attached hydrogens (primary N) is 1. The zero-order valence-corrected chi connectivity index (χ0v) is 20.0. The maximum Gasteiger partial charge on any atom is 0.231 e. The Labute approximate surface area is 204 Å². The second-order valence-corrected chi connectivity index (χ2v) is 9.13. The lowest BCUT2D eigenvalue weighted by Crippen LogP contribution is -2.33. The van der Waals surface area contributed by atoms with E-state index in [1.54, 1.807) is 13.3 Å². The molecule has 2 aromatic carbocycles. The van der Waals surface area contributed by atoms with Gasteiger partial charge in [0.05, 0.1) is 30.1 Å². The molecule has 1 amide bonds. The second-order valence-electron chi connectivity index (χ2n) is 9.13. The molecular weight excluding hydrogens is 444 g/mol. The molecule has 2 aliphatic heterocycles. The molecule has 9 heteroatoms. The minimum absolute atomic E-state index is 0.0795. The molecule has 2 atom stereocenters. The average Bonchev–Trinajstić information content (AvgIpc) is 3.28. The molecule has 2 unspecified atom stereocenters. The number of nitrogen functional groups attached to an aromatic ring is 1. The highest BCUT2D eigenvalue weighted by Crippen LogP contribution is 2.33. The number of carbonyl (C=O) groups is 1. The molecule has 0 saturated carbocycles. The monoisotopic (exact) mass is 474 g/mol. The number of methoxy groups -OCH3 is 1. The van der Waals surface area contributed by atoms with Crippen molar-refractivity contribution >= 4 is 23.2 Å². The van der Waals surface area contributed by atoms with E-state index in [4.69, 9.17) is 15.2 Å². The van der Waals surface area contributed by atoms with Crippen LogP contribution in [0, 0.1) is 5.92 Å². The van der Waals surface area contributed by atoms with E-state index in [1.807, 2.05) is 42.5 Å². The normalized spacial score (nSPS) is 19.5. The molecule has 4 N–H and O–H groups in total. The zero-order valence-electron chi connectivity index (χ0n) is 20.0. The first-order chi connectivity index (χ1) is 17.0. The Morgan fingerprint density at radius 1 is 1.20 bits per heavy atom. The summed E-state index contributed by atoms with van der Waals surface area (Å²) in [4.78, 5) is 23.9. The Morgan fingerprint density at radius 2 is 2.09 bits per heavy atom. The molecule has 0 spiro atoms. The van der Waals surface area contributed by atoms with Crippen LogP contribution in [-0.4, -0.2) is 60.7 Å². The second kappa shape index (κ2) is 9.79. The number of aromatic nitrogens is 2. The van der Waals surface area contributed by atoms with Gasteiger partial charge in [-0.3, -0.25) is 4.79 Å². The van der Waals surface area contributed by atoms with Crippen LogP contribution in [-0.2, 0) is 11.2 Å². The molecule has 1 fully saturated rings. The van der Waals surface area contributed by atoms with Crippen molar-refractivity contribution in [2.75, 3.05) is 50.2 Å². The van der Waals surface area contributed by atoms with E-state index in [0.29, 0.717) is 19.1 Å². The van der Waals surface area contributed by atoms with Crippen LogP contribution in [0.3, 0.4) is 0 Å². The Hall–Kier alpha value is -3.85. The molecule has 3 heterocycles. The van der Waals surface area contributed by atoms with Gasteiger partial charge < -0.3 is 30.7 Å². The minimum atomic E-state index is -0.304. The van der Waals surface area contributed by atoms with E-state index in [-0.39, 0.29) is 17.8 Å². The van der Waals surface area contributed by atoms with Crippen LogP contribution in [0.25, 0.3) is 11.3 Å². The van der Waals surface area contributed by atoms with Gasteiger partial charge in [0.15, 0.2) is 0 Å². The van der Waals surface area contributed by atoms with E-state index in [9.17, 15) is 4.79 Å². The van der Waals surface area contributed by atoms with Gasteiger partial charge in [-0.1, -0.05) is 6.07 Å². The lowest BCUT2D eigenvalue weighted by molar-refractivity contribution is -0.121. The van der Waals surface area contributed by atoms with Crippen molar-refractivity contribution in [1.29, 1.82) is 0 Å². The van der Waals surface area contributed by atoms with Crippen LogP contribution in [0.4, 0.5) is 17.3 Å². The first-order valence-electron chi connectivity index (χ1n) is 11.8. The third-order valence-electron chi connectivity index (χ3n) is 6.54. The van der Waals surface area contributed by atoms with Crippen molar-refractivity contribution in [3.05, 3.63) is 54.2 Å². The molecule has 3 aromatic rings. The predicted molar refractivity (Wildman–Crippen MR) is 136 cm³/mol. The summed E-state index contributed by atoms with van der Waals surface area (Å²) in [6.45, 7) is 2.30. The molecule has 182 valence electrons. The number of anilines is 3. The number of fused-ring (bicyclic) bond motifs is 1. The summed E-state index contributed by atoms with van der Waals surface area (Å²) in [5.74, 6) is 1.39. The predicted octanol–water partition coefficient (Wildman–Crippen LogP) is 3.04. The molecule has 1 aromatic heterocycles. The van der Waals surface area contributed by atoms with Crippen molar-refractivity contribution in [2.45, 2.75) is 18.9 Å². The van der Waals surface area contributed by atoms with Crippen LogP contribution in [0.5, 0.6) is 11.5 Å². The van der Waals surface area contributed by atoms with Crippen LogP contribution in [0.2, 0.25) is 0 Å². The summed E-state index contributed by atoms with van der Waals surface area (Å²) in [7, 11) is 3.74. The zero-order chi connectivity index (χ0) is 24.4. The molecule has 0 bridgehead atoms. The number of benzene rings is 2. The Morgan fingerprint density at radius 3 is 2.86 bits per heavy atom. The maximum absolute atomic E-state index is 13.3. The van der Waals surface area contributed by atoms with Gasteiger partial charge in [0.1, 0.15) is 18.1 Å². The van der Waals surface area contributed by atoms with E-state index >= 15 is 0 Å². The summed E-state index contributed by atoms with van der Waals surface area (Å²) in [5.41, 5.74) is 9.97. The fourth-order valence-corrected chi connectivity index (χ4v) is 4.64. The highest BCUT2D eigenvalue weighted by atomic mass is 16.5. The number of hydrogen-bond acceptors (Lipinski definition) is 8. The van der Waals surface area contributed by atoms with Crippen molar-refractivity contribution < 1.29 is 14.3 Å². The number of ether oxygens (including phenoxy) is 2. The third-order valence-corrected chi connectivity index (χ3v) is 6.54. The van der Waals surface area contributed by atoms with Gasteiger partial charge in [0.2, 0.25) is 11.9 Å². The smallest absolute Gasteiger partial charge is 0.231 e. The number of likely N-dealkylation sites (N-methyl/N-ethyl adjacent to an activating group) is 1. The molecule has 1 saturated heterocycles.